The first-order valence-electron chi connectivity index (χ1n) is 13.4. The molecule has 1 fully saturated rings. The van der Waals surface area contributed by atoms with Crippen molar-refractivity contribution in [3.05, 3.63) is 95.0 Å². The summed E-state index contributed by atoms with van der Waals surface area (Å²) < 4.78 is 23.3. The number of ether oxygens (including phenoxy) is 3. The van der Waals surface area contributed by atoms with Crippen LogP contribution < -0.4 is 15.7 Å². The van der Waals surface area contributed by atoms with E-state index in [2.05, 4.69) is 10.3 Å². The lowest BCUT2D eigenvalue weighted by Gasteiger charge is -2.46. The average molecular weight is 571 g/mol. The van der Waals surface area contributed by atoms with Gasteiger partial charge in [0.15, 0.2) is 0 Å². The molecule has 0 saturated carbocycles. The minimum atomic E-state index is -1.42. The molecule has 3 heterocycles. The number of H-pyrrole nitrogens is 1. The maximum absolute atomic E-state index is 13.2. The number of carbonyl (C=O) groups excluding carboxylic acids is 1. The summed E-state index contributed by atoms with van der Waals surface area (Å²) in [6.45, 7) is 3.46. The van der Waals surface area contributed by atoms with Crippen LogP contribution in [0.15, 0.2) is 88.1 Å². The van der Waals surface area contributed by atoms with Crippen LogP contribution in [0.1, 0.15) is 24.3 Å². The Balaban J connectivity index is 1.38. The molecular formula is C32H30N2O8. The summed E-state index contributed by atoms with van der Waals surface area (Å²) in [5, 5.41) is 25.6. The van der Waals surface area contributed by atoms with Crippen molar-refractivity contribution >= 4 is 33.5 Å². The molecule has 10 nitrogen and oxygen atoms in total. The van der Waals surface area contributed by atoms with Crippen molar-refractivity contribution in [1.82, 2.24) is 4.98 Å². The summed E-state index contributed by atoms with van der Waals surface area (Å²) in [6.07, 6.45) is -4.72. The first-order valence-corrected chi connectivity index (χ1v) is 13.4. The smallest absolute Gasteiger partial charge is 0.360 e. The van der Waals surface area contributed by atoms with Crippen molar-refractivity contribution in [1.29, 1.82) is 0 Å². The number of aliphatic hydroxyl groups excluding tert-OH is 2. The molecule has 0 radical (unpaired) electrons. The molecule has 4 atom stereocenters. The number of para-hydroxylation sites is 1. The van der Waals surface area contributed by atoms with Gasteiger partial charge in [0.1, 0.15) is 41.0 Å². The Morgan fingerprint density at radius 3 is 2.43 bits per heavy atom. The summed E-state index contributed by atoms with van der Waals surface area (Å²) in [5.41, 5.74) is 0.672. The van der Waals surface area contributed by atoms with Crippen molar-refractivity contribution in [2.75, 3.05) is 12.4 Å². The number of amides is 1. The van der Waals surface area contributed by atoms with Gasteiger partial charge in [-0.25, -0.2) is 4.79 Å². The molecule has 5 aromatic rings. The van der Waals surface area contributed by atoms with Crippen LogP contribution in [-0.4, -0.2) is 58.4 Å². The zero-order valence-electron chi connectivity index (χ0n) is 23.2. The molecule has 3 aromatic carbocycles. The van der Waals surface area contributed by atoms with Crippen molar-refractivity contribution in [2.24, 2.45) is 0 Å². The van der Waals surface area contributed by atoms with E-state index in [0.717, 1.165) is 10.9 Å². The van der Waals surface area contributed by atoms with Gasteiger partial charge in [0, 0.05) is 23.4 Å². The molecule has 1 amide bonds. The van der Waals surface area contributed by atoms with Gasteiger partial charge in [-0.1, -0.05) is 48.5 Å². The number of methoxy groups -OCH3 is 1. The Morgan fingerprint density at radius 1 is 0.952 bits per heavy atom. The van der Waals surface area contributed by atoms with Crippen LogP contribution in [0.2, 0.25) is 0 Å². The summed E-state index contributed by atoms with van der Waals surface area (Å²) in [4.78, 5) is 29.2. The van der Waals surface area contributed by atoms with Crippen molar-refractivity contribution < 1.29 is 33.6 Å². The second-order valence-electron chi connectivity index (χ2n) is 10.7. The van der Waals surface area contributed by atoms with Gasteiger partial charge in [0.05, 0.1) is 11.2 Å². The van der Waals surface area contributed by atoms with Gasteiger partial charge in [0.2, 0.25) is 6.29 Å². The maximum Gasteiger partial charge on any atom is 0.360 e. The fraction of sp³-hybridized carbons (Fsp3) is 0.250. The Hall–Kier alpha value is -4.48. The van der Waals surface area contributed by atoms with Crippen LogP contribution in [0, 0.1) is 0 Å². The summed E-state index contributed by atoms with van der Waals surface area (Å²) in [6, 6.07) is 23.2. The Bertz CT molecular complexity index is 1790. The molecule has 0 bridgehead atoms. The molecule has 1 saturated heterocycles. The number of aromatic nitrogens is 1. The van der Waals surface area contributed by atoms with Gasteiger partial charge >= 0.3 is 5.63 Å². The van der Waals surface area contributed by atoms with E-state index in [1.54, 1.807) is 38.1 Å². The van der Waals surface area contributed by atoms with Crippen molar-refractivity contribution in [3.8, 4) is 16.9 Å². The maximum atomic E-state index is 13.2. The molecule has 42 heavy (non-hydrogen) atoms. The number of carbonyl (C=O) groups is 1. The number of fused-ring (bicyclic) bond motifs is 2. The fourth-order valence-corrected chi connectivity index (χ4v) is 5.44. The highest BCUT2D eigenvalue weighted by Crippen LogP contribution is 2.40. The second kappa shape index (κ2) is 10.7. The third-order valence-electron chi connectivity index (χ3n) is 7.49. The van der Waals surface area contributed by atoms with Crippen molar-refractivity contribution in [3.63, 3.8) is 0 Å². The highest BCUT2D eigenvalue weighted by molar-refractivity contribution is 6.06. The molecule has 1 aliphatic heterocycles. The van der Waals surface area contributed by atoms with Gasteiger partial charge in [-0.2, -0.15) is 0 Å². The number of rotatable bonds is 6. The van der Waals surface area contributed by atoms with E-state index in [0.29, 0.717) is 22.2 Å². The van der Waals surface area contributed by atoms with E-state index in [9.17, 15) is 19.8 Å². The largest absolute Gasteiger partial charge is 0.461 e. The zero-order chi connectivity index (χ0) is 29.6. The van der Waals surface area contributed by atoms with Crippen LogP contribution >= 0.6 is 0 Å². The van der Waals surface area contributed by atoms with E-state index in [4.69, 9.17) is 18.6 Å². The van der Waals surface area contributed by atoms with Gasteiger partial charge in [-0.3, -0.25) is 4.79 Å². The van der Waals surface area contributed by atoms with Gasteiger partial charge in [0.25, 0.3) is 5.91 Å². The number of nitrogens with one attached hydrogen (secondary N) is 2. The normalized spacial score (nSPS) is 21.8. The molecule has 0 aliphatic carbocycles. The van der Waals surface area contributed by atoms with E-state index in [1.165, 1.54) is 7.11 Å². The van der Waals surface area contributed by atoms with E-state index >= 15 is 0 Å². The lowest BCUT2D eigenvalue weighted by molar-refractivity contribution is -0.305. The Morgan fingerprint density at radius 2 is 1.69 bits per heavy atom. The fourth-order valence-electron chi connectivity index (χ4n) is 5.44. The minimum Gasteiger partial charge on any atom is -0.461 e. The Labute approximate surface area is 240 Å². The second-order valence-corrected chi connectivity index (χ2v) is 10.7. The lowest BCUT2D eigenvalue weighted by Crippen LogP contribution is -2.63. The molecule has 4 N–H and O–H groups in total. The zero-order valence-corrected chi connectivity index (χ0v) is 23.2. The molecule has 216 valence electrons. The van der Waals surface area contributed by atoms with Crippen LogP contribution in [0.5, 0.6) is 5.75 Å². The molecular weight excluding hydrogens is 540 g/mol. The van der Waals surface area contributed by atoms with Crippen molar-refractivity contribution in [2.45, 2.75) is 44.1 Å². The minimum absolute atomic E-state index is 0.0275. The van der Waals surface area contributed by atoms with Gasteiger partial charge in [-0.15, -0.1) is 0 Å². The number of aromatic amines is 1. The number of aliphatic hydroxyl groups is 2. The first-order chi connectivity index (χ1) is 20.2. The molecule has 0 unspecified atom stereocenters. The van der Waals surface area contributed by atoms with Crippen LogP contribution in [0.4, 0.5) is 5.69 Å². The number of hydrogen-bond donors (Lipinski definition) is 4. The van der Waals surface area contributed by atoms with Crippen LogP contribution in [0.25, 0.3) is 33.0 Å². The molecule has 10 heteroatoms. The SMILES string of the molecule is CO[C@@H]1[C@@H](O)[C@@H](O)[C@H](Oc2ccc3cc(NC(=O)c4cc5ccccc5[nH]4)c(=O)oc3c2-c2ccccc2)OC1(C)C. The summed E-state index contributed by atoms with van der Waals surface area (Å²) in [7, 11) is 1.43. The molecule has 1 aliphatic rings. The number of benzene rings is 3. The molecule has 6 rings (SSSR count). The van der Waals surface area contributed by atoms with Gasteiger partial charge < -0.3 is 39.1 Å². The highest BCUT2D eigenvalue weighted by atomic mass is 16.7. The standard InChI is InChI=1S/C32H30N2O8/c1-32(2)28(39-3)25(35)26(36)31(42-32)40-23-14-13-19-16-22(30(38)41-27(19)24(23)17-9-5-4-6-10-17)34-29(37)21-15-18-11-7-8-12-20(18)33-21/h4-16,25-26,28,31,33,35-36H,1-3H3,(H,34,37)/t25-,26+,28+,31+/m0/s1. The van der Waals surface area contributed by atoms with E-state index in [-0.39, 0.29) is 17.0 Å². The number of hydrogen-bond acceptors (Lipinski definition) is 8. The predicted octanol–water partition coefficient (Wildman–Crippen LogP) is 4.44. The first kappa shape index (κ1) is 27.7. The summed E-state index contributed by atoms with van der Waals surface area (Å²) in [5.74, 6) is -0.227. The average Bonchev–Trinajstić information content (AvgIpc) is 3.41. The van der Waals surface area contributed by atoms with E-state index in [1.807, 2.05) is 54.6 Å². The molecule has 2 aromatic heterocycles. The van der Waals surface area contributed by atoms with Crippen LogP contribution in [0.3, 0.4) is 0 Å². The number of anilines is 1. The van der Waals surface area contributed by atoms with Crippen LogP contribution in [-0.2, 0) is 9.47 Å². The topological polar surface area (TPSA) is 143 Å². The third-order valence-corrected chi connectivity index (χ3v) is 7.49. The van der Waals surface area contributed by atoms with Gasteiger partial charge in [-0.05, 0) is 49.7 Å². The Kier molecular flexibility index (Phi) is 7.07. The third kappa shape index (κ3) is 4.94. The summed E-state index contributed by atoms with van der Waals surface area (Å²) >= 11 is 0. The monoisotopic (exact) mass is 570 g/mol. The lowest BCUT2D eigenvalue weighted by atomic mass is 9.89. The quantitative estimate of drug-likeness (QED) is 0.219. The van der Waals surface area contributed by atoms with E-state index < -0.39 is 41.7 Å². The predicted molar refractivity (Wildman–Crippen MR) is 157 cm³/mol. The molecule has 0 spiro atoms. The highest BCUT2D eigenvalue weighted by Gasteiger charge is 2.50.